The molecule has 17 heavy (non-hydrogen) atoms. The Labute approximate surface area is 103 Å². The van der Waals surface area contributed by atoms with E-state index in [0.717, 1.165) is 24.3 Å². The molecule has 0 saturated heterocycles. The number of carboxylic acid groups (broad SMARTS) is 1. The number of rotatable bonds is 3. The summed E-state index contributed by atoms with van der Waals surface area (Å²) >= 11 is 0. The van der Waals surface area contributed by atoms with Gasteiger partial charge in [-0.05, 0) is 35.4 Å². The second-order valence-electron chi connectivity index (χ2n) is 5.95. The third-order valence-electron chi connectivity index (χ3n) is 3.72. The Kier molecular flexibility index (Phi) is 2.98. The molecule has 1 aliphatic carbocycles. The number of hydrogen-bond acceptors (Lipinski definition) is 1. The van der Waals surface area contributed by atoms with E-state index in [4.69, 9.17) is 5.11 Å². The highest BCUT2D eigenvalue weighted by Gasteiger charge is 2.26. The van der Waals surface area contributed by atoms with Crippen LogP contribution >= 0.6 is 0 Å². The van der Waals surface area contributed by atoms with Crippen molar-refractivity contribution in [3.8, 4) is 0 Å². The van der Waals surface area contributed by atoms with Crippen molar-refractivity contribution in [3.05, 3.63) is 34.9 Å². The van der Waals surface area contributed by atoms with Gasteiger partial charge in [0, 0.05) is 5.41 Å². The van der Waals surface area contributed by atoms with Crippen molar-refractivity contribution in [1.29, 1.82) is 0 Å². The van der Waals surface area contributed by atoms with Gasteiger partial charge in [0.2, 0.25) is 0 Å². The molecule has 0 heterocycles. The third kappa shape index (κ3) is 2.51. The Bertz CT molecular complexity index is 446. The molecule has 0 spiro atoms. The summed E-state index contributed by atoms with van der Waals surface area (Å²) in [5, 5.41) is 8.95. The maximum absolute atomic E-state index is 10.9. The van der Waals surface area contributed by atoms with E-state index >= 15 is 0 Å². The van der Waals surface area contributed by atoms with Crippen LogP contribution in [0.3, 0.4) is 0 Å². The second-order valence-corrected chi connectivity index (χ2v) is 5.95. The van der Waals surface area contributed by atoms with E-state index < -0.39 is 5.97 Å². The molecule has 1 aromatic carbocycles. The van der Waals surface area contributed by atoms with Crippen LogP contribution < -0.4 is 0 Å². The summed E-state index contributed by atoms with van der Waals surface area (Å²) in [6.07, 6.45) is 2.47. The molecule has 0 aromatic heterocycles. The number of benzene rings is 1. The monoisotopic (exact) mass is 232 g/mol. The lowest BCUT2D eigenvalue weighted by Gasteiger charge is -2.23. The molecule has 2 rings (SSSR count). The molecule has 0 aliphatic heterocycles. The van der Waals surface area contributed by atoms with E-state index in [-0.39, 0.29) is 11.8 Å². The number of carboxylic acids is 1. The number of hydrogen-bond donors (Lipinski definition) is 1. The van der Waals surface area contributed by atoms with Crippen molar-refractivity contribution < 1.29 is 9.90 Å². The maximum atomic E-state index is 10.9. The lowest BCUT2D eigenvalue weighted by Crippen LogP contribution is -2.21. The van der Waals surface area contributed by atoms with E-state index in [1.165, 1.54) is 11.1 Å². The van der Waals surface area contributed by atoms with Crippen molar-refractivity contribution in [1.82, 2.24) is 0 Å². The van der Waals surface area contributed by atoms with Gasteiger partial charge in [-0.25, -0.2) is 0 Å². The summed E-state index contributed by atoms with van der Waals surface area (Å²) in [5.74, 6) is -0.00768. The first-order valence-corrected chi connectivity index (χ1v) is 6.22. The topological polar surface area (TPSA) is 37.3 Å². The molecule has 2 heteroatoms. The Hall–Kier alpha value is -1.31. The van der Waals surface area contributed by atoms with Crippen LogP contribution in [0.15, 0.2) is 18.2 Å². The zero-order valence-corrected chi connectivity index (χ0v) is 10.8. The minimum atomic E-state index is -0.733. The molecule has 0 saturated carbocycles. The van der Waals surface area contributed by atoms with Gasteiger partial charge in [0.15, 0.2) is 0 Å². The number of fused-ring (bicyclic) bond motifs is 1. The molecule has 0 amide bonds. The van der Waals surface area contributed by atoms with Gasteiger partial charge in [0.1, 0.15) is 0 Å². The first-order chi connectivity index (χ1) is 7.88. The summed E-state index contributed by atoms with van der Waals surface area (Å²) < 4.78 is 0. The highest BCUT2D eigenvalue weighted by atomic mass is 16.4. The van der Waals surface area contributed by atoms with Crippen LogP contribution in [-0.2, 0) is 23.1 Å². The van der Waals surface area contributed by atoms with Crippen molar-refractivity contribution in [3.63, 3.8) is 0 Å². The molecule has 1 aromatic rings. The molecule has 1 N–H and O–H groups in total. The lowest BCUT2D eigenvalue weighted by molar-refractivity contribution is -0.138. The summed E-state index contributed by atoms with van der Waals surface area (Å²) in [5.41, 5.74) is 3.71. The fraction of sp³-hybridized carbons (Fsp3) is 0.533. The minimum absolute atomic E-state index is 0.182. The minimum Gasteiger partial charge on any atom is -0.481 e. The zero-order valence-electron chi connectivity index (χ0n) is 10.8. The first kappa shape index (κ1) is 12.2. The fourth-order valence-corrected chi connectivity index (χ4v) is 2.74. The van der Waals surface area contributed by atoms with Crippen LogP contribution in [0.1, 0.15) is 43.9 Å². The van der Waals surface area contributed by atoms with Gasteiger partial charge in [-0.15, -0.1) is 0 Å². The summed E-state index contributed by atoms with van der Waals surface area (Å²) in [6.45, 7) is 6.27. The molecular formula is C15H20O2. The average Bonchev–Trinajstić information content (AvgIpc) is 2.54. The Balaban J connectivity index is 2.29. The van der Waals surface area contributed by atoms with Gasteiger partial charge in [0.25, 0.3) is 0 Å². The Morgan fingerprint density at radius 1 is 1.35 bits per heavy atom. The number of aliphatic carboxylic acids is 1. The van der Waals surface area contributed by atoms with Gasteiger partial charge in [-0.1, -0.05) is 39.0 Å². The third-order valence-corrected chi connectivity index (χ3v) is 3.72. The van der Waals surface area contributed by atoms with E-state index in [1.807, 2.05) is 13.8 Å². The van der Waals surface area contributed by atoms with Crippen molar-refractivity contribution in [2.75, 3.05) is 0 Å². The van der Waals surface area contributed by atoms with Gasteiger partial charge >= 0.3 is 5.97 Å². The zero-order chi connectivity index (χ0) is 12.6. The average molecular weight is 232 g/mol. The summed E-state index contributed by atoms with van der Waals surface area (Å²) in [4.78, 5) is 10.9. The van der Waals surface area contributed by atoms with E-state index in [9.17, 15) is 4.79 Å². The Morgan fingerprint density at radius 2 is 2.00 bits per heavy atom. The molecule has 0 radical (unpaired) electrons. The normalized spacial score (nSPS) is 19.1. The van der Waals surface area contributed by atoms with Crippen LogP contribution in [0.2, 0.25) is 0 Å². The predicted octanol–water partition coefficient (Wildman–Crippen LogP) is 3.17. The smallest absolute Gasteiger partial charge is 0.304 e. The first-order valence-electron chi connectivity index (χ1n) is 6.22. The van der Waals surface area contributed by atoms with E-state index in [0.29, 0.717) is 0 Å². The van der Waals surface area contributed by atoms with Gasteiger partial charge in [0.05, 0.1) is 6.42 Å². The van der Waals surface area contributed by atoms with Gasteiger partial charge < -0.3 is 5.11 Å². The molecule has 0 fully saturated rings. The number of carbonyl (C=O) groups is 1. The highest BCUT2D eigenvalue weighted by Crippen LogP contribution is 2.33. The predicted molar refractivity (Wildman–Crippen MR) is 68.3 cm³/mol. The Morgan fingerprint density at radius 3 is 2.65 bits per heavy atom. The van der Waals surface area contributed by atoms with Crippen molar-refractivity contribution in [2.45, 2.75) is 45.4 Å². The van der Waals surface area contributed by atoms with Crippen LogP contribution in [0.4, 0.5) is 0 Å². The molecule has 2 nitrogen and oxygen atoms in total. The summed E-state index contributed by atoms with van der Waals surface area (Å²) in [6, 6.07) is 6.49. The maximum Gasteiger partial charge on any atom is 0.304 e. The fourth-order valence-electron chi connectivity index (χ4n) is 2.74. The molecular weight excluding hydrogens is 212 g/mol. The van der Waals surface area contributed by atoms with Crippen LogP contribution in [0.25, 0.3) is 0 Å². The lowest BCUT2D eigenvalue weighted by atomic mass is 9.80. The van der Waals surface area contributed by atoms with Gasteiger partial charge in [-0.3, -0.25) is 4.79 Å². The molecule has 0 bridgehead atoms. The van der Waals surface area contributed by atoms with Crippen LogP contribution in [-0.4, -0.2) is 11.1 Å². The van der Waals surface area contributed by atoms with E-state index in [2.05, 4.69) is 25.1 Å². The molecule has 1 unspecified atom stereocenters. The van der Waals surface area contributed by atoms with Crippen molar-refractivity contribution >= 4 is 5.97 Å². The van der Waals surface area contributed by atoms with Gasteiger partial charge in [-0.2, -0.15) is 0 Å². The van der Waals surface area contributed by atoms with E-state index in [1.54, 1.807) is 0 Å². The largest absolute Gasteiger partial charge is 0.481 e. The molecule has 1 aliphatic rings. The SMILES string of the molecule is CC1Cc2ccc(C(C)(C)CC(=O)O)cc2C1. The molecule has 1 atom stereocenters. The molecule has 92 valence electrons. The van der Waals surface area contributed by atoms with Crippen LogP contribution in [0, 0.1) is 5.92 Å². The standard InChI is InChI=1S/C15H20O2/c1-10-6-11-4-5-13(8-12(11)7-10)15(2,3)9-14(16)17/h4-5,8,10H,6-7,9H2,1-3H3,(H,16,17). The summed E-state index contributed by atoms with van der Waals surface area (Å²) in [7, 11) is 0. The highest BCUT2D eigenvalue weighted by molar-refractivity contribution is 5.69. The van der Waals surface area contributed by atoms with Crippen molar-refractivity contribution in [2.24, 2.45) is 5.92 Å². The second kappa shape index (κ2) is 4.17. The van der Waals surface area contributed by atoms with Crippen LogP contribution in [0.5, 0.6) is 0 Å². The quantitative estimate of drug-likeness (QED) is 0.869.